The summed E-state index contributed by atoms with van der Waals surface area (Å²) in [7, 11) is 0. The van der Waals surface area contributed by atoms with Crippen LogP contribution in [0.5, 0.6) is 0 Å². The summed E-state index contributed by atoms with van der Waals surface area (Å²) >= 11 is 0. The predicted octanol–water partition coefficient (Wildman–Crippen LogP) is 3.71. The third-order valence-electron chi connectivity index (χ3n) is 9.04. The molecular weight excluding hydrogens is 373 g/mol. The molecule has 158 valence electrons. The molecule has 0 aromatic rings. The van der Waals surface area contributed by atoms with Gasteiger partial charge in [-0.3, -0.25) is 0 Å². The highest BCUT2D eigenvalue weighted by molar-refractivity contribution is 5.79. The van der Waals surface area contributed by atoms with Crippen molar-refractivity contribution in [2.45, 2.75) is 82.8 Å². The lowest BCUT2D eigenvalue weighted by Crippen LogP contribution is -2.70. The van der Waals surface area contributed by atoms with Crippen LogP contribution in [0.3, 0.4) is 0 Å². The van der Waals surface area contributed by atoms with Gasteiger partial charge in [0.2, 0.25) is 0 Å². The highest BCUT2D eigenvalue weighted by Gasteiger charge is 2.77. The highest BCUT2D eigenvalue weighted by atomic mass is 19.2. The fourth-order valence-electron chi connectivity index (χ4n) is 7.65. The van der Waals surface area contributed by atoms with Gasteiger partial charge in [0.1, 0.15) is 17.7 Å². The van der Waals surface area contributed by atoms with Crippen molar-refractivity contribution in [1.82, 2.24) is 0 Å². The molecule has 0 saturated heterocycles. The average molecular weight is 402 g/mol. The molecule has 0 bridgehead atoms. The summed E-state index contributed by atoms with van der Waals surface area (Å²) in [6.07, 6.45) is -2.89. The van der Waals surface area contributed by atoms with Crippen LogP contribution in [0.1, 0.15) is 59.3 Å². The summed E-state index contributed by atoms with van der Waals surface area (Å²) in [6, 6.07) is 0. The van der Waals surface area contributed by atoms with Crippen molar-refractivity contribution < 1.29 is 33.3 Å². The first-order chi connectivity index (χ1) is 12.9. The minimum atomic E-state index is -2.25. The number of halogens is 3. The van der Waals surface area contributed by atoms with Gasteiger partial charge >= 0.3 is 5.97 Å². The maximum absolute atomic E-state index is 16.8. The first-order valence-electron chi connectivity index (χ1n) is 10.2. The lowest BCUT2D eigenvalue weighted by molar-refractivity contribution is -0.238. The van der Waals surface area contributed by atoms with Crippen LogP contribution in [0.15, 0.2) is 11.4 Å². The van der Waals surface area contributed by atoms with E-state index in [9.17, 15) is 24.5 Å². The van der Waals surface area contributed by atoms with Crippen molar-refractivity contribution in [3.8, 4) is 0 Å². The molecule has 0 amide bonds. The Morgan fingerprint density at radius 2 is 1.86 bits per heavy atom. The van der Waals surface area contributed by atoms with Gasteiger partial charge in [-0.2, -0.15) is 0 Å². The summed E-state index contributed by atoms with van der Waals surface area (Å²) in [6.45, 7) is 4.68. The van der Waals surface area contributed by atoms with Crippen molar-refractivity contribution in [2.24, 2.45) is 28.6 Å². The zero-order chi connectivity index (χ0) is 20.9. The van der Waals surface area contributed by atoms with Gasteiger partial charge in [-0.05, 0) is 50.4 Å². The van der Waals surface area contributed by atoms with Crippen LogP contribution in [0.2, 0.25) is 0 Å². The smallest absolute Gasteiger partial charge is 0.336 e. The number of allylic oxidation sites excluding steroid dienone is 2. The van der Waals surface area contributed by atoms with E-state index in [1.165, 1.54) is 6.92 Å². The predicted molar refractivity (Wildman–Crippen MR) is 95.5 cm³/mol. The summed E-state index contributed by atoms with van der Waals surface area (Å²) in [5, 5.41) is 31.9. The van der Waals surface area contributed by atoms with Gasteiger partial charge in [0.05, 0.1) is 6.10 Å². The first-order valence-corrected chi connectivity index (χ1v) is 10.2. The minimum absolute atomic E-state index is 0.0825. The molecule has 4 aliphatic rings. The summed E-state index contributed by atoms with van der Waals surface area (Å²) in [5.41, 5.74) is -7.29. The number of aliphatic carboxylic acids is 1. The number of aliphatic hydroxyl groups is 2. The van der Waals surface area contributed by atoms with Crippen molar-refractivity contribution >= 4 is 5.97 Å². The van der Waals surface area contributed by atoms with Crippen LogP contribution in [-0.2, 0) is 4.79 Å². The van der Waals surface area contributed by atoms with Gasteiger partial charge in [-0.15, -0.1) is 0 Å². The lowest BCUT2D eigenvalue weighted by atomic mass is 9.43. The zero-order valence-electron chi connectivity index (χ0n) is 16.5. The van der Waals surface area contributed by atoms with E-state index in [1.54, 1.807) is 13.8 Å². The van der Waals surface area contributed by atoms with Crippen molar-refractivity contribution in [3.05, 3.63) is 11.4 Å². The maximum atomic E-state index is 16.8. The summed E-state index contributed by atoms with van der Waals surface area (Å²) < 4.78 is 46.6. The SMILES string of the molecule is C[C@H]1C[C@H]2[C@@H]3C[C@H](F)C4=C(F)CCC[C@]4(C)[C@@]3(F)[C@@H](O)C[C@]2(C)[C@@]1(O)C(=O)O. The number of rotatable bonds is 1. The molecule has 0 aromatic heterocycles. The number of carboxylic acid groups (broad SMARTS) is 1. The second kappa shape index (κ2) is 5.75. The molecule has 0 spiro atoms. The number of carboxylic acids is 1. The Kier molecular flexibility index (Phi) is 4.15. The number of fused-ring (bicyclic) bond motifs is 5. The van der Waals surface area contributed by atoms with Gasteiger partial charge in [0.25, 0.3) is 0 Å². The molecule has 4 aliphatic carbocycles. The Labute approximate surface area is 162 Å². The van der Waals surface area contributed by atoms with E-state index >= 15 is 8.78 Å². The Hall–Kier alpha value is -1.08. The Bertz CT molecular complexity index is 756. The monoisotopic (exact) mass is 402 g/mol. The second-order valence-corrected chi connectivity index (χ2v) is 10.0. The molecule has 0 radical (unpaired) electrons. The van der Waals surface area contributed by atoms with E-state index in [-0.39, 0.29) is 37.7 Å². The van der Waals surface area contributed by atoms with Gasteiger partial charge in [0.15, 0.2) is 5.60 Å². The van der Waals surface area contributed by atoms with Crippen LogP contribution in [0, 0.1) is 28.6 Å². The number of alkyl halides is 2. The molecule has 4 nitrogen and oxygen atoms in total. The number of hydrogen-bond acceptors (Lipinski definition) is 3. The van der Waals surface area contributed by atoms with E-state index in [2.05, 4.69) is 0 Å². The molecule has 3 fully saturated rings. The molecular formula is C21H29F3O4. The fraction of sp³-hybridized carbons (Fsp3) is 0.857. The van der Waals surface area contributed by atoms with Crippen LogP contribution in [0.4, 0.5) is 13.2 Å². The van der Waals surface area contributed by atoms with Crippen LogP contribution < -0.4 is 0 Å². The van der Waals surface area contributed by atoms with E-state index < -0.39 is 63.9 Å². The van der Waals surface area contributed by atoms with Crippen LogP contribution in [-0.4, -0.2) is 44.8 Å². The van der Waals surface area contributed by atoms with Crippen molar-refractivity contribution in [1.29, 1.82) is 0 Å². The molecule has 0 aliphatic heterocycles. The Morgan fingerprint density at radius 3 is 2.46 bits per heavy atom. The van der Waals surface area contributed by atoms with Crippen LogP contribution in [0.25, 0.3) is 0 Å². The average Bonchev–Trinajstić information content (AvgIpc) is 2.79. The zero-order valence-corrected chi connectivity index (χ0v) is 16.5. The van der Waals surface area contributed by atoms with Crippen molar-refractivity contribution in [3.63, 3.8) is 0 Å². The fourth-order valence-corrected chi connectivity index (χ4v) is 7.65. The summed E-state index contributed by atoms with van der Waals surface area (Å²) in [4.78, 5) is 12.0. The minimum Gasteiger partial charge on any atom is -0.479 e. The van der Waals surface area contributed by atoms with E-state index in [0.717, 1.165) is 0 Å². The van der Waals surface area contributed by atoms with Gasteiger partial charge in [-0.1, -0.05) is 20.8 Å². The highest BCUT2D eigenvalue weighted by Crippen LogP contribution is 2.71. The topological polar surface area (TPSA) is 77.8 Å². The molecule has 9 atom stereocenters. The quantitative estimate of drug-likeness (QED) is 0.625. The summed E-state index contributed by atoms with van der Waals surface area (Å²) in [5.74, 6) is -4.27. The largest absolute Gasteiger partial charge is 0.479 e. The Morgan fingerprint density at radius 1 is 1.21 bits per heavy atom. The van der Waals surface area contributed by atoms with Crippen molar-refractivity contribution in [2.75, 3.05) is 0 Å². The van der Waals surface area contributed by atoms with E-state index in [0.29, 0.717) is 6.42 Å². The standard InChI is InChI=1S/C21H29F3O4/c1-10-7-11-12-8-14(23)16-13(22)5-4-6-18(16,2)20(12,24)15(25)9-19(11,3)21(10,28)17(26)27/h10-12,14-15,25,28H,4-9H2,1-3H3,(H,26,27)/t10-,11-,12-,14-,15-,18-,19-,20-,21-/m0/s1. The molecule has 7 heteroatoms. The molecule has 4 rings (SSSR count). The third kappa shape index (κ3) is 1.98. The first kappa shape index (κ1) is 20.2. The van der Waals surface area contributed by atoms with Crippen LogP contribution >= 0.6 is 0 Å². The molecule has 28 heavy (non-hydrogen) atoms. The number of carbonyl (C=O) groups is 1. The number of aliphatic hydroxyl groups excluding tert-OH is 1. The Balaban J connectivity index is 1.88. The van der Waals surface area contributed by atoms with Gasteiger partial charge < -0.3 is 15.3 Å². The number of hydrogen-bond donors (Lipinski definition) is 3. The second-order valence-electron chi connectivity index (χ2n) is 10.0. The molecule has 0 unspecified atom stereocenters. The normalized spacial score (nSPS) is 56.1. The maximum Gasteiger partial charge on any atom is 0.336 e. The van der Waals surface area contributed by atoms with E-state index in [4.69, 9.17) is 0 Å². The van der Waals surface area contributed by atoms with Gasteiger partial charge in [-0.25, -0.2) is 18.0 Å². The third-order valence-corrected chi connectivity index (χ3v) is 9.04. The molecule has 0 aromatic carbocycles. The van der Waals surface area contributed by atoms with Gasteiger partial charge in [0, 0.05) is 22.3 Å². The molecule has 3 N–H and O–H groups in total. The lowest BCUT2D eigenvalue weighted by Gasteiger charge is -2.63. The molecule has 3 saturated carbocycles. The molecule has 0 heterocycles. The van der Waals surface area contributed by atoms with E-state index in [1.807, 2.05) is 0 Å².